The Morgan fingerprint density at radius 2 is 1.74 bits per heavy atom. The Kier molecular flexibility index (Phi) is 6.66. The summed E-state index contributed by atoms with van der Waals surface area (Å²) >= 11 is 3.51. The van der Waals surface area contributed by atoms with Crippen LogP contribution in [0.15, 0.2) is 65.3 Å². The zero-order chi connectivity index (χ0) is 17.9. The van der Waals surface area contributed by atoms with Crippen LogP contribution in [0.5, 0.6) is 0 Å². The first-order valence-corrected chi connectivity index (χ1v) is 9.98. The van der Waals surface area contributed by atoms with Crippen LogP contribution in [0.2, 0.25) is 0 Å². The van der Waals surface area contributed by atoms with Gasteiger partial charge >= 0.3 is 0 Å². The van der Waals surface area contributed by atoms with Crippen LogP contribution in [0.1, 0.15) is 35.4 Å². The van der Waals surface area contributed by atoms with Crippen LogP contribution in [-0.2, 0) is 19.5 Å². The number of nitrogens with zero attached hydrogens (tertiary/aromatic N) is 2. The molecule has 0 aliphatic carbocycles. The summed E-state index contributed by atoms with van der Waals surface area (Å²) in [5.74, 6) is 1.43. The molecule has 140 valence electrons. The van der Waals surface area contributed by atoms with Gasteiger partial charge in [-0.3, -0.25) is 4.79 Å². The van der Waals surface area contributed by atoms with Crippen LogP contribution in [0.3, 0.4) is 0 Å². The molecule has 27 heavy (non-hydrogen) atoms. The molecule has 0 N–H and O–H groups in total. The maximum Gasteiger partial charge on any atom is 0.257 e. The van der Waals surface area contributed by atoms with E-state index in [0.29, 0.717) is 6.54 Å². The number of benzene rings is 2. The Bertz CT molecular complexity index is 917. The average molecular weight is 490 g/mol. The largest absolute Gasteiger partial charge is 1.00 e. The second-order valence-electron chi connectivity index (χ2n) is 6.82. The van der Waals surface area contributed by atoms with Crippen molar-refractivity contribution in [3.8, 4) is 11.3 Å². The number of ketones is 1. The number of halogens is 2. The normalized spacial score (nSPS) is 13.4. The molecule has 1 aliphatic rings. The summed E-state index contributed by atoms with van der Waals surface area (Å²) in [6, 6.07) is 18.0. The minimum absolute atomic E-state index is 0. The van der Waals surface area contributed by atoms with E-state index in [-0.39, 0.29) is 22.8 Å². The van der Waals surface area contributed by atoms with Crippen molar-refractivity contribution in [2.75, 3.05) is 0 Å². The van der Waals surface area contributed by atoms with Gasteiger partial charge in [0.2, 0.25) is 5.78 Å². The van der Waals surface area contributed by atoms with Crippen molar-refractivity contribution >= 4 is 21.7 Å². The van der Waals surface area contributed by atoms with Crippen LogP contribution < -0.4 is 21.5 Å². The van der Waals surface area contributed by atoms with Crippen molar-refractivity contribution < 1.29 is 26.3 Å². The second-order valence-corrected chi connectivity index (χ2v) is 7.73. The number of rotatable bonds is 4. The van der Waals surface area contributed by atoms with Crippen molar-refractivity contribution in [3.63, 3.8) is 0 Å². The highest BCUT2D eigenvalue weighted by Gasteiger charge is 2.27. The van der Waals surface area contributed by atoms with Gasteiger partial charge < -0.3 is 17.0 Å². The first-order chi connectivity index (χ1) is 12.7. The summed E-state index contributed by atoms with van der Waals surface area (Å²) in [4.78, 5) is 12.7. The second kappa shape index (κ2) is 8.98. The number of Topliss-reactive ketones (excluding diaryl/α,β-unsaturated/α-hetero) is 1. The Hall–Kier alpha value is -1.72. The lowest BCUT2D eigenvalue weighted by Gasteiger charge is -2.03. The molecule has 5 heteroatoms. The van der Waals surface area contributed by atoms with Gasteiger partial charge in [-0.05, 0) is 43.5 Å². The molecule has 2 aromatic carbocycles. The number of carbonyl (C=O) groups is 1. The van der Waals surface area contributed by atoms with Crippen molar-refractivity contribution in [2.45, 2.75) is 38.8 Å². The predicted molar refractivity (Wildman–Crippen MR) is 106 cm³/mol. The highest BCUT2D eigenvalue weighted by atomic mass is 79.9. The van der Waals surface area contributed by atoms with Gasteiger partial charge in [-0.25, -0.2) is 9.13 Å². The number of hydrogen-bond acceptors (Lipinski definition) is 1. The smallest absolute Gasteiger partial charge is 0.257 e. The number of aromatic nitrogens is 2. The third-order valence-electron chi connectivity index (χ3n) is 5.04. The van der Waals surface area contributed by atoms with Gasteiger partial charge in [0.05, 0.1) is 6.54 Å². The van der Waals surface area contributed by atoms with E-state index in [9.17, 15) is 4.79 Å². The monoisotopic (exact) mass is 488 g/mol. The Balaban J connectivity index is 0.00000210. The minimum Gasteiger partial charge on any atom is -1.00 e. The molecule has 3 nitrogen and oxygen atoms in total. The van der Waals surface area contributed by atoms with Crippen LogP contribution >= 0.6 is 15.9 Å². The third kappa shape index (κ3) is 4.41. The molecule has 0 unspecified atom stereocenters. The molecule has 0 fully saturated rings. The van der Waals surface area contributed by atoms with E-state index in [4.69, 9.17) is 0 Å². The van der Waals surface area contributed by atoms with Crippen molar-refractivity contribution in [3.05, 3.63) is 76.7 Å². The van der Waals surface area contributed by atoms with Crippen LogP contribution in [0, 0.1) is 0 Å². The van der Waals surface area contributed by atoms with Crippen LogP contribution in [-0.4, -0.2) is 10.4 Å². The first kappa shape index (κ1) is 20.0. The molecule has 0 saturated carbocycles. The Labute approximate surface area is 178 Å². The van der Waals surface area contributed by atoms with E-state index in [1.54, 1.807) is 0 Å². The zero-order valence-electron chi connectivity index (χ0n) is 15.1. The molecule has 2 heterocycles. The fourth-order valence-electron chi connectivity index (χ4n) is 3.70. The molecule has 0 amide bonds. The third-order valence-corrected chi connectivity index (χ3v) is 5.57. The molecule has 0 spiro atoms. The van der Waals surface area contributed by atoms with Gasteiger partial charge in [-0.15, -0.1) is 0 Å². The molecular formula is C22H22Br2N2O. The maximum absolute atomic E-state index is 12.7. The van der Waals surface area contributed by atoms with E-state index >= 15 is 0 Å². The summed E-state index contributed by atoms with van der Waals surface area (Å²) in [6.07, 6.45) is 6.80. The van der Waals surface area contributed by atoms with E-state index in [0.717, 1.165) is 23.0 Å². The number of hydrogen-bond donors (Lipinski definition) is 0. The SMILES string of the molecule is O=C(C[n+]1cc(-c2ccc(Br)cc2)n2c1CCCCC2)c1ccccc1.[Br-]. The summed E-state index contributed by atoms with van der Waals surface area (Å²) in [5.41, 5.74) is 3.18. The Morgan fingerprint density at radius 3 is 2.48 bits per heavy atom. The molecule has 4 rings (SSSR count). The van der Waals surface area contributed by atoms with E-state index < -0.39 is 0 Å². The van der Waals surface area contributed by atoms with Gasteiger partial charge in [-0.2, -0.15) is 0 Å². The molecule has 3 aromatic rings. The molecule has 1 aliphatic heterocycles. The van der Waals surface area contributed by atoms with Gasteiger partial charge in [0, 0.05) is 22.0 Å². The summed E-state index contributed by atoms with van der Waals surface area (Å²) < 4.78 is 5.66. The summed E-state index contributed by atoms with van der Waals surface area (Å²) in [7, 11) is 0. The predicted octanol–water partition coefficient (Wildman–Crippen LogP) is 1.82. The van der Waals surface area contributed by atoms with Gasteiger partial charge in [-0.1, -0.05) is 46.3 Å². The highest BCUT2D eigenvalue weighted by Crippen LogP contribution is 2.25. The highest BCUT2D eigenvalue weighted by molar-refractivity contribution is 9.10. The molecule has 1 aromatic heterocycles. The fraction of sp³-hybridized carbons (Fsp3) is 0.273. The fourth-order valence-corrected chi connectivity index (χ4v) is 3.97. The lowest BCUT2D eigenvalue weighted by Crippen LogP contribution is -3.00. The summed E-state index contributed by atoms with van der Waals surface area (Å²) in [6.45, 7) is 1.42. The molecule has 0 atom stereocenters. The topological polar surface area (TPSA) is 25.9 Å². The minimum atomic E-state index is 0. The van der Waals surface area contributed by atoms with E-state index in [1.807, 2.05) is 30.3 Å². The van der Waals surface area contributed by atoms with Gasteiger partial charge in [0.15, 0.2) is 12.2 Å². The summed E-state index contributed by atoms with van der Waals surface area (Å²) in [5, 5.41) is 0. The van der Waals surface area contributed by atoms with Crippen molar-refractivity contribution in [1.29, 1.82) is 0 Å². The van der Waals surface area contributed by atoms with Gasteiger partial charge in [0.25, 0.3) is 5.82 Å². The number of carbonyl (C=O) groups excluding carboxylic acids is 1. The standard InChI is InChI=1S/C22H22BrN2O.BrH/c23-19-12-10-17(11-13-19)20-15-24(22-9-5-2-6-14-25(20)22)16-21(26)18-7-3-1-4-8-18;/h1,3-4,7-8,10-13,15H,2,5-6,9,14,16H2;1H/q+1;/p-1. The average Bonchev–Trinajstić information content (AvgIpc) is 2.84. The molecule has 0 radical (unpaired) electrons. The zero-order valence-corrected chi connectivity index (χ0v) is 18.2. The van der Waals surface area contributed by atoms with Gasteiger partial charge in [0.1, 0.15) is 6.20 Å². The maximum atomic E-state index is 12.7. The van der Waals surface area contributed by atoms with E-state index in [2.05, 4.69) is 55.5 Å². The first-order valence-electron chi connectivity index (χ1n) is 9.18. The number of imidazole rings is 1. The van der Waals surface area contributed by atoms with Crippen molar-refractivity contribution in [1.82, 2.24) is 4.57 Å². The van der Waals surface area contributed by atoms with Crippen molar-refractivity contribution in [2.24, 2.45) is 0 Å². The van der Waals surface area contributed by atoms with Crippen LogP contribution in [0.4, 0.5) is 0 Å². The lowest BCUT2D eigenvalue weighted by atomic mass is 10.1. The lowest BCUT2D eigenvalue weighted by molar-refractivity contribution is -0.690. The quantitative estimate of drug-likeness (QED) is 0.405. The Morgan fingerprint density at radius 1 is 1.00 bits per heavy atom. The van der Waals surface area contributed by atoms with Crippen LogP contribution in [0.25, 0.3) is 11.3 Å². The molecular weight excluding hydrogens is 468 g/mol. The van der Waals surface area contributed by atoms with E-state index in [1.165, 1.54) is 36.3 Å². The number of fused-ring (bicyclic) bond motifs is 1. The molecule has 0 saturated heterocycles. The molecule has 0 bridgehead atoms.